The van der Waals surface area contributed by atoms with Crippen LogP contribution in [0.3, 0.4) is 0 Å². The Kier molecular flexibility index (Phi) is 5.14. The van der Waals surface area contributed by atoms with Gasteiger partial charge >= 0.3 is 5.97 Å². The van der Waals surface area contributed by atoms with E-state index in [1.807, 2.05) is 20.8 Å². The molecule has 5 nitrogen and oxygen atoms in total. The van der Waals surface area contributed by atoms with E-state index in [4.69, 9.17) is 9.47 Å². The molecule has 1 aliphatic rings. The maximum absolute atomic E-state index is 11.8. The van der Waals surface area contributed by atoms with Crippen molar-refractivity contribution >= 4 is 11.9 Å². The van der Waals surface area contributed by atoms with E-state index in [0.717, 1.165) is 0 Å². The van der Waals surface area contributed by atoms with Crippen molar-refractivity contribution in [2.75, 3.05) is 33.4 Å². The van der Waals surface area contributed by atoms with E-state index in [-0.39, 0.29) is 29.6 Å². The van der Waals surface area contributed by atoms with Crippen LogP contribution in [0, 0.1) is 11.3 Å². The second-order valence-corrected chi connectivity index (χ2v) is 5.90. The molecule has 0 aromatic carbocycles. The van der Waals surface area contributed by atoms with E-state index < -0.39 is 0 Å². The lowest BCUT2D eigenvalue weighted by Crippen LogP contribution is -2.30. The molecule has 1 rings (SSSR count). The summed E-state index contributed by atoms with van der Waals surface area (Å²) < 4.78 is 10.2. The number of carbonyl (C=O) groups excluding carboxylic acids is 2. The molecule has 1 atom stereocenters. The van der Waals surface area contributed by atoms with E-state index >= 15 is 0 Å². The Bertz CT molecular complexity index is 309. The normalized spacial score (nSPS) is 20.3. The fourth-order valence-corrected chi connectivity index (χ4v) is 1.75. The van der Waals surface area contributed by atoms with E-state index in [9.17, 15) is 9.59 Å². The number of amides is 1. The van der Waals surface area contributed by atoms with Gasteiger partial charge in [0.05, 0.1) is 19.1 Å². The molecule has 0 spiro atoms. The van der Waals surface area contributed by atoms with Gasteiger partial charge in [-0.2, -0.15) is 0 Å². The highest BCUT2D eigenvalue weighted by molar-refractivity contribution is 5.86. The van der Waals surface area contributed by atoms with E-state index in [2.05, 4.69) is 0 Å². The van der Waals surface area contributed by atoms with E-state index in [1.54, 1.807) is 12.0 Å². The summed E-state index contributed by atoms with van der Waals surface area (Å²) in [5.41, 5.74) is -0.0476. The van der Waals surface area contributed by atoms with Crippen molar-refractivity contribution in [3.63, 3.8) is 0 Å². The lowest BCUT2D eigenvalue weighted by atomic mass is 9.98. The third-order valence-corrected chi connectivity index (χ3v) is 2.76. The van der Waals surface area contributed by atoms with Crippen molar-refractivity contribution in [2.45, 2.75) is 27.2 Å². The highest BCUT2D eigenvalue weighted by Gasteiger charge is 2.35. The molecule has 0 bridgehead atoms. The molecule has 1 aliphatic heterocycles. The summed E-state index contributed by atoms with van der Waals surface area (Å²) in [6.45, 7) is 7.88. The first-order valence-corrected chi connectivity index (χ1v) is 6.27. The van der Waals surface area contributed by atoms with Gasteiger partial charge < -0.3 is 14.4 Å². The van der Waals surface area contributed by atoms with Crippen LogP contribution in [0.2, 0.25) is 0 Å². The van der Waals surface area contributed by atoms with Crippen LogP contribution in [0.15, 0.2) is 0 Å². The van der Waals surface area contributed by atoms with Gasteiger partial charge in [0.15, 0.2) is 0 Å². The molecule has 1 saturated heterocycles. The molecular formula is C13H23NO4. The molecule has 0 aromatic heterocycles. The molecular weight excluding hydrogens is 234 g/mol. The van der Waals surface area contributed by atoms with Gasteiger partial charge in [-0.15, -0.1) is 0 Å². The van der Waals surface area contributed by atoms with E-state index in [0.29, 0.717) is 26.3 Å². The number of ether oxygens (including phenoxy) is 2. The van der Waals surface area contributed by atoms with Crippen LogP contribution in [-0.4, -0.2) is 50.2 Å². The Morgan fingerprint density at radius 3 is 2.67 bits per heavy atom. The smallest absolute Gasteiger partial charge is 0.311 e. The Labute approximate surface area is 108 Å². The van der Waals surface area contributed by atoms with Gasteiger partial charge in [0.1, 0.15) is 0 Å². The summed E-state index contributed by atoms with van der Waals surface area (Å²) in [5.74, 6) is -0.584. The van der Waals surface area contributed by atoms with Crippen LogP contribution >= 0.6 is 0 Å². The highest BCUT2D eigenvalue weighted by Crippen LogP contribution is 2.20. The Balaban J connectivity index is 2.40. The number of methoxy groups -OCH3 is 1. The number of hydrogen-bond donors (Lipinski definition) is 0. The molecule has 104 valence electrons. The van der Waals surface area contributed by atoms with Crippen molar-refractivity contribution in [2.24, 2.45) is 11.3 Å². The molecule has 0 saturated carbocycles. The summed E-state index contributed by atoms with van der Waals surface area (Å²) in [7, 11) is 1.59. The summed E-state index contributed by atoms with van der Waals surface area (Å²) in [6.07, 6.45) is 0.257. The Morgan fingerprint density at radius 1 is 1.44 bits per heavy atom. The maximum atomic E-state index is 11.8. The van der Waals surface area contributed by atoms with Crippen molar-refractivity contribution in [1.29, 1.82) is 0 Å². The largest absolute Gasteiger partial charge is 0.465 e. The molecule has 0 unspecified atom stereocenters. The Morgan fingerprint density at radius 2 is 2.11 bits per heavy atom. The minimum Gasteiger partial charge on any atom is -0.465 e. The average molecular weight is 257 g/mol. The molecule has 18 heavy (non-hydrogen) atoms. The molecule has 0 aromatic rings. The van der Waals surface area contributed by atoms with Crippen LogP contribution in [-0.2, 0) is 19.1 Å². The second-order valence-electron chi connectivity index (χ2n) is 5.90. The minimum absolute atomic E-state index is 0.00441. The lowest BCUT2D eigenvalue weighted by Gasteiger charge is -2.19. The van der Waals surface area contributed by atoms with Gasteiger partial charge in [-0.3, -0.25) is 9.59 Å². The molecule has 1 amide bonds. The quantitative estimate of drug-likeness (QED) is 0.691. The minimum atomic E-state index is -0.322. The van der Waals surface area contributed by atoms with Crippen LogP contribution in [0.25, 0.3) is 0 Å². The van der Waals surface area contributed by atoms with Crippen molar-refractivity contribution < 1.29 is 19.1 Å². The zero-order chi connectivity index (χ0) is 13.8. The summed E-state index contributed by atoms with van der Waals surface area (Å²) in [4.78, 5) is 25.1. The molecule has 5 heteroatoms. The molecule has 0 radical (unpaired) electrons. The Hall–Kier alpha value is -1.10. The number of carbonyl (C=O) groups is 2. The monoisotopic (exact) mass is 257 g/mol. The first kappa shape index (κ1) is 15.0. The number of likely N-dealkylation sites (tertiary alicyclic amines) is 1. The predicted octanol–water partition coefficient (Wildman–Crippen LogP) is 1.07. The summed E-state index contributed by atoms with van der Waals surface area (Å²) >= 11 is 0. The van der Waals surface area contributed by atoms with Gasteiger partial charge in [-0.05, 0) is 5.41 Å². The molecule has 0 N–H and O–H groups in total. The summed E-state index contributed by atoms with van der Waals surface area (Å²) in [5, 5.41) is 0. The van der Waals surface area contributed by atoms with Crippen molar-refractivity contribution in [3.8, 4) is 0 Å². The van der Waals surface area contributed by atoms with Gasteiger partial charge in [0, 0.05) is 26.6 Å². The van der Waals surface area contributed by atoms with E-state index in [1.165, 1.54) is 0 Å². The third-order valence-electron chi connectivity index (χ3n) is 2.76. The fraction of sp³-hybridized carbons (Fsp3) is 0.846. The van der Waals surface area contributed by atoms with Gasteiger partial charge in [0.2, 0.25) is 5.91 Å². The predicted molar refractivity (Wildman–Crippen MR) is 67.0 cm³/mol. The molecule has 0 aliphatic carbocycles. The molecule has 1 heterocycles. The topological polar surface area (TPSA) is 55.8 Å². The van der Waals surface area contributed by atoms with Gasteiger partial charge in [-0.25, -0.2) is 0 Å². The average Bonchev–Trinajstić information content (AvgIpc) is 2.64. The zero-order valence-corrected chi connectivity index (χ0v) is 11.7. The zero-order valence-electron chi connectivity index (χ0n) is 11.7. The lowest BCUT2D eigenvalue weighted by molar-refractivity contribution is -0.151. The number of nitrogens with zero attached hydrogens (tertiary/aromatic N) is 1. The van der Waals surface area contributed by atoms with Crippen molar-refractivity contribution in [1.82, 2.24) is 4.90 Å². The van der Waals surface area contributed by atoms with Crippen LogP contribution in [0.1, 0.15) is 27.2 Å². The van der Waals surface area contributed by atoms with Gasteiger partial charge in [-0.1, -0.05) is 20.8 Å². The highest BCUT2D eigenvalue weighted by atomic mass is 16.5. The number of esters is 1. The number of hydrogen-bond acceptors (Lipinski definition) is 4. The fourth-order valence-electron chi connectivity index (χ4n) is 1.75. The SMILES string of the molecule is COCCN1C[C@@H](C(=O)OCC(C)(C)C)CC1=O. The van der Waals surface area contributed by atoms with Crippen molar-refractivity contribution in [3.05, 3.63) is 0 Å². The first-order chi connectivity index (χ1) is 8.33. The molecule has 1 fully saturated rings. The van der Waals surface area contributed by atoms with Crippen LogP contribution in [0.4, 0.5) is 0 Å². The number of rotatable bonds is 5. The first-order valence-electron chi connectivity index (χ1n) is 6.27. The standard InChI is InChI=1S/C13H23NO4/c1-13(2,3)9-18-12(16)10-7-11(15)14(8-10)5-6-17-4/h10H,5-9H2,1-4H3/t10-/m0/s1. The van der Waals surface area contributed by atoms with Gasteiger partial charge in [0.25, 0.3) is 0 Å². The van der Waals surface area contributed by atoms with Crippen LogP contribution < -0.4 is 0 Å². The van der Waals surface area contributed by atoms with Crippen LogP contribution in [0.5, 0.6) is 0 Å². The second kappa shape index (κ2) is 6.18. The maximum Gasteiger partial charge on any atom is 0.311 e. The third kappa shape index (κ3) is 4.64. The summed E-state index contributed by atoms with van der Waals surface area (Å²) in [6, 6.07) is 0.